The van der Waals surface area contributed by atoms with E-state index in [-0.39, 0.29) is 18.9 Å². The summed E-state index contributed by atoms with van der Waals surface area (Å²) in [7, 11) is -0.335. The van der Waals surface area contributed by atoms with Crippen molar-refractivity contribution in [3.05, 3.63) is 11.9 Å². The van der Waals surface area contributed by atoms with Crippen LogP contribution in [-0.4, -0.2) is 44.8 Å². The van der Waals surface area contributed by atoms with Crippen molar-refractivity contribution in [1.29, 1.82) is 0 Å². The van der Waals surface area contributed by atoms with Gasteiger partial charge in [0.1, 0.15) is 18.2 Å². The van der Waals surface area contributed by atoms with Crippen LogP contribution in [0.2, 0.25) is 0 Å². The van der Waals surface area contributed by atoms with Crippen molar-refractivity contribution in [2.24, 2.45) is 0 Å². The van der Waals surface area contributed by atoms with E-state index < -0.39 is 10.0 Å². The summed E-state index contributed by atoms with van der Waals surface area (Å²) in [4.78, 5) is 8.09. The maximum atomic E-state index is 11.2. The number of nitrogens with one attached hydrogen (secondary N) is 2. The van der Waals surface area contributed by atoms with E-state index in [0.29, 0.717) is 17.5 Å². The van der Waals surface area contributed by atoms with Crippen molar-refractivity contribution < 1.29 is 13.2 Å². The number of nitrogens with two attached hydrogens (primary N) is 1. The number of sulfonamides is 1. The van der Waals surface area contributed by atoms with Crippen LogP contribution < -0.4 is 15.8 Å². The Morgan fingerprint density at radius 3 is 2.78 bits per heavy atom. The molecule has 102 valence electrons. The molecule has 0 aliphatic carbocycles. The van der Waals surface area contributed by atoms with Gasteiger partial charge in [0.15, 0.2) is 5.82 Å². The van der Waals surface area contributed by atoms with Crippen molar-refractivity contribution in [1.82, 2.24) is 14.7 Å². The average molecular weight is 275 g/mol. The van der Waals surface area contributed by atoms with Gasteiger partial charge in [-0.25, -0.2) is 23.1 Å². The molecule has 1 heterocycles. The first kappa shape index (κ1) is 14.6. The topological polar surface area (TPSA) is 119 Å². The number of nitrogen functional groups attached to an aromatic ring is 1. The van der Waals surface area contributed by atoms with Gasteiger partial charge >= 0.3 is 0 Å². The van der Waals surface area contributed by atoms with Crippen LogP contribution in [0, 0.1) is 0 Å². The normalized spacial score (nSPS) is 11.4. The standard InChI is InChI=1S/C9H17N5O3S/c1-11-18(15,16)4-3-12-8-5-7(10)13-9(14-8)6-17-2/h5,11H,3-4,6H2,1-2H3,(H3,10,12,13,14). The first-order valence-corrected chi connectivity index (χ1v) is 6.89. The minimum Gasteiger partial charge on any atom is -0.384 e. The van der Waals surface area contributed by atoms with E-state index in [1.807, 2.05) is 0 Å². The van der Waals surface area contributed by atoms with E-state index in [9.17, 15) is 8.42 Å². The highest BCUT2D eigenvalue weighted by atomic mass is 32.2. The minimum atomic E-state index is -3.23. The third kappa shape index (κ3) is 4.82. The van der Waals surface area contributed by atoms with Gasteiger partial charge < -0.3 is 15.8 Å². The number of aromatic nitrogens is 2. The Morgan fingerprint density at radius 1 is 1.44 bits per heavy atom. The van der Waals surface area contributed by atoms with Gasteiger partial charge in [0, 0.05) is 19.7 Å². The Balaban J connectivity index is 2.62. The van der Waals surface area contributed by atoms with Crippen LogP contribution >= 0.6 is 0 Å². The van der Waals surface area contributed by atoms with Gasteiger partial charge in [0.05, 0.1) is 5.75 Å². The maximum absolute atomic E-state index is 11.2. The Hall–Kier alpha value is -1.45. The van der Waals surface area contributed by atoms with Crippen LogP contribution in [0.25, 0.3) is 0 Å². The summed E-state index contributed by atoms with van der Waals surface area (Å²) in [6.07, 6.45) is 0. The quantitative estimate of drug-likeness (QED) is 0.594. The summed E-state index contributed by atoms with van der Waals surface area (Å²) in [5.74, 6) is 1.17. The molecule has 0 aliphatic rings. The fraction of sp³-hybridized carbons (Fsp3) is 0.556. The lowest BCUT2D eigenvalue weighted by Gasteiger charge is -2.08. The van der Waals surface area contributed by atoms with Gasteiger partial charge in [0.25, 0.3) is 0 Å². The molecule has 1 rings (SSSR count). The lowest BCUT2D eigenvalue weighted by molar-refractivity contribution is 0.178. The molecule has 4 N–H and O–H groups in total. The van der Waals surface area contributed by atoms with E-state index in [2.05, 4.69) is 20.0 Å². The van der Waals surface area contributed by atoms with E-state index >= 15 is 0 Å². The second-order valence-electron chi connectivity index (χ2n) is 3.48. The van der Waals surface area contributed by atoms with Crippen molar-refractivity contribution in [3.63, 3.8) is 0 Å². The third-order valence-corrected chi connectivity index (χ3v) is 3.42. The SMILES string of the molecule is CNS(=O)(=O)CCNc1cc(N)nc(COC)n1. The number of hydrogen-bond acceptors (Lipinski definition) is 7. The third-order valence-electron chi connectivity index (χ3n) is 2.05. The van der Waals surface area contributed by atoms with E-state index in [0.717, 1.165) is 0 Å². The minimum absolute atomic E-state index is 0.0486. The second-order valence-corrected chi connectivity index (χ2v) is 5.52. The number of rotatable bonds is 7. The Labute approximate surface area is 106 Å². The van der Waals surface area contributed by atoms with Crippen LogP contribution in [0.1, 0.15) is 5.82 Å². The maximum Gasteiger partial charge on any atom is 0.213 e. The Morgan fingerprint density at radius 2 is 2.17 bits per heavy atom. The predicted molar refractivity (Wildman–Crippen MR) is 68.5 cm³/mol. The first-order chi connectivity index (χ1) is 8.46. The molecule has 0 spiro atoms. The zero-order valence-corrected chi connectivity index (χ0v) is 11.1. The van der Waals surface area contributed by atoms with Crippen LogP contribution in [0.4, 0.5) is 11.6 Å². The molecular weight excluding hydrogens is 258 g/mol. The highest BCUT2D eigenvalue weighted by molar-refractivity contribution is 7.89. The number of anilines is 2. The number of hydrogen-bond donors (Lipinski definition) is 3. The van der Waals surface area contributed by atoms with Crippen LogP contribution in [0.3, 0.4) is 0 Å². The lowest BCUT2D eigenvalue weighted by atomic mass is 10.5. The zero-order valence-electron chi connectivity index (χ0n) is 10.3. The summed E-state index contributed by atoms with van der Waals surface area (Å²) in [6.45, 7) is 0.473. The molecule has 0 saturated carbocycles. The summed E-state index contributed by atoms with van der Waals surface area (Å²) < 4.78 is 29.5. The molecule has 0 amide bonds. The van der Waals surface area contributed by atoms with Gasteiger partial charge in [-0.15, -0.1) is 0 Å². The Bertz CT molecular complexity index is 491. The lowest BCUT2D eigenvalue weighted by Crippen LogP contribution is -2.26. The predicted octanol–water partition coefficient (Wildman–Crippen LogP) is -0.834. The number of methoxy groups -OCH3 is 1. The molecule has 18 heavy (non-hydrogen) atoms. The Kier molecular flexibility index (Phi) is 5.25. The molecule has 0 aliphatic heterocycles. The van der Waals surface area contributed by atoms with E-state index in [1.165, 1.54) is 20.2 Å². The summed E-state index contributed by atoms with van der Waals surface area (Å²) >= 11 is 0. The summed E-state index contributed by atoms with van der Waals surface area (Å²) in [6, 6.07) is 1.53. The zero-order chi connectivity index (χ0) is 13.6. The average Bonchev–Trinajstić information content (AvgIpc) is 2.28. The molecule has 0 fully saturated rings. The molecule has 1 aromatic heterocycles. The van der Waals surface area contributed by atoms with Crippen LogP contribution in [0.5, 0.6) is 0 Å². The first-order valence-electron chi connectivity index (χ1n) is 5.24. The van der Waals surface area contributed by atoms with Gasteiger partial charge in [-0.1, -0.05) is 0 Å². The fourth-order valence-corrected chi connectivity index (χ4v) is 1.79. The molecule has 0 radical (unpaired) electrons. The highest BCUT2D eigenvalue weighted by Crippen LogP contribution is 2.08. The van der Waals surface area contributed by atoms with Gasteiger partial charge in [-0.3, -0.25) is 0 Å². The van der Waals surface area contributed by atoms with Crippen molar-refractivity contribution in [3.8, 4) is 0 Å². The molecule has 0 atom stereocenters. The van der Waals surface area contributed by atoms with Gasteiger partial charge in [0.2, 0.25) is 10.0 Å². The van der Waals surface area contributed by atoms with E-state index in [1.54, 1.807) is 0 Å². The fourth-order valence-electron chi connectivity index (χ4n) is 1.22. The van der Waals surface area contributed by atoms with Gasteiger partial charge in [-0.05, 0) is 7.05 Å². The molecule has 1 aromatic rings. The number of nitrogens with zero attached hydrogens (tertiary/aromatic N) is 2. The smallest absolute Gasteiger partial charge is 0.213 e. The van der Waals surface area contributed by atoms with Crippen molar-refractivity contribution in [2.75, 3.05) is 37.5 Å². The number of ether oxygens (including phenoxy) is 1. The van der Waals surface area contributed by atoms with Gasteiger partial charge in [-0.2, -0.15) is 0 Å². The van der Waals surface area contributed by atoms with Crippen LogP contribution in [0.15, 0.2) is 6.07 Å². The molecule has 0 aromatic carbocycles. The second kappa shape index (κ2) is 6.47. The summed E-state index contributed by atoms with van der Waals surface area (Å²) in [5, 5.41) is 2.87. The summed E-state index contributed by atoms with van der Waals surface area (Å²) in [5.41, 5.74) is 5.60. The molecule has 0 saturated heterocycles. The highest BCUT2D eigenvalue weighted by Gasteiger charge is 2.07. The molecule has 9 heteroatoms. The van der Waals surface area contributed by atoms with E-state index in [4.69, 9.17) is 10.5 Å². The van der Waals surface area contributed by atoms with Crippen molar-refractivity contribution >= 4 is 21.7 Å². The molecular formula is C9H17N5O3S. The largest absolute Gasteiger partial charge is 0.384 e. The van der Waals surface area contributed by atoms with Crippen LogP contribution in [-0.2, 0) is 21.4 Å². The molecule has 0 unspecified atom stereocenters. The monoisotopic (exact) mass is 275 g/mol. The molecule has 8 nitrogen and oxygen atoms in total. The molecule has 0 bridgehead atoms. The van der Waals surface area contributed by atoms with Crippen molar-refractivity contribution in [2.45, 2.75) is 6.61 Å².